The number of likely N-dealkylation sites (tertiary alicyclic amines) is 1. The van der Waals surface area contributed by atoms with Crippen LogP contribution in [-0.2, 0) is 13.0 Å². The average molecular weight is 322 g/mol. The Morgan fingerprint density at radius 2 is 2.08 bits per heavy atom. The zero-order valence-corrected chi connectivity index (χ0v) is 13.8. The Bertz CT molecular complexity index is 830. The van der Waals surface area contributed by atoms with Crippen molar-refractivity contribution in [2.24, 2.45) is 5.92 Å². The molecule has 1 aliphatic rings. The molecule has 0 aromatic carbocycles. The van der Waals surface area contributed by atoms with E-state index in [-0.39, 0.29) is 12.0 Å². The largest absolute Gasteiger partial charge is 0.391 e. The molecule has 0 aliphatic carbocycles. The molecule has 1 aliphatic heterocycles. The summed E-state index contributed by atoms with van der Waals surface area (Å²) in [5, 5.41) is 10.4. The molecule has 3 aromatic rings. The van der Waals surface area contributed by atoms with Crippen LogP contribution in [0.1, 0.15) is 17.0 Å². The highest BCUT2D eigenvalue weighted by Gasteiger charge is 2.31. The molecule has 0 bridgehead atoms. The first-order valence-electron chi connectivity index (χ1n) is 8.42. The van der Waals surface area contributed by atoms with Crippen LogP contribution < -0.4 is 0 Å². The second-order valence-electron chi connectivity index (χ2n) is 6.70. The lowest BCUT2D eigenvalue weighted by Crippen LogP contribution is -2.21. The molecule has 0 amide bonds. The summed E-state index contributed by atoms with van der Waals surface area (Å²) in [6, 6.07) is 10.1. The van der Waals surface area contributed by atoms with Gasteiger partial charge in [0.25, 0.3) is 0 Å². The number of hydrogen-bond acceptors (Lipinski definition) is 4. The maximum absolute atomic E-state index is 10.4. The van der Waals surface area contributed by atoms with E-state index in [1.165, 1.54) is 5.56 Å². The van der Waals surface area contributed by atoms with Gasteiger partial charge >= 0.3 is 0 Å². The Balaban J connectivity index is 1.44. The molecular formula is C19H22N4O. The van der Waals surface area contributed by atoms with Gasteiger partial charge in [-0.05, 0) is 37.1 Å². The number of aliphatic hydroxyl groups excluding tert-OH is 1. The number of nitrogens with zero attached hydrogens (tertiary/aromatic N) is 4. The molecule has 0 saturated carbocycles. The molecule has 1 saturated heterocycles. The molecule has 2 atom stereocenters. The average Bonchev–Trinajstić information content (AvgIpc) is 3.13. The van der Waals surface area contributed by atoms with Crippen molar-refractivity contribution in [2.75, 3.05) is 13.1 Å². The van der Waals surface area contributed by atoms with Gasteiger partial charge in [0.2, 0.25) is 0 Å². The van der Waals surface area contributed by atoms with Crippen LogP contribution in [0.4, 0.5) is 0 Å². The van der Waals surface area contributed by atoms with E-state index >= 15 is 0 Å². The van der Waals surface area contributed by atoms with Gasteiger partial charge in [0.1, 0.15) is 5.65 Å². The molecule has 124 valence electrons. The predicted molar refractivity (Wildman–Crippen MR) is 92.6 cm³/mol. The van der Waals surface area contributed by atoms with Gasteiger partial charge in [0, 0.05) is 49.8 Å². The van der Waals surface area contributed by atoms with Gasteiger partial charge in [0.05, 0.1) is 11.8 Å². The number of rotatable bonds is 4. The van der Waals surface area contributed by atoms with Crippen molar-refractivity contribution in [1.82, 2.24) is 19.3 Å². The van der Waals surface area contributed by atoms with E-state index in [9.17, 15) is 5.11 Å². The van der Waals surface area contributed by atoms with Crippen LogP contribution in [0.2, 0.25) is 0 Å². The predicted octanol–water partition coefficient (Wildman–Crippen LogP) is 2.07. The number of β-amino-alcohol motifs (C(OH)–C–C–N with tert-alkyl or cyclic N) is 1. The van der Waals surface area contributed by atoms with E-state index in [1.807, 2.05) is 36.7 Å². The Hall–Kier alpha value is -2.24. The number of hydrogen-bond donors (Lipinski definition) is 1. The zero-order valence-electron chi connectivity index (χ0n) is 13.8. The lowest BCUT2D eigenvalue weighted by molar-refractivity contribution is 0.140. The van der Waals surface area contributed by atoms with Crippen LogP contribution in [0.5, 0.6) is 0 Å². The van der Waals surface area contributed by atoms with Gasteiger partial charge < -0.3 is 9.51 Å². The van der Waals surface area contributed by atoms with Crippen LogP contribution in [0, 0.1) is 12.8 Å². The lowest BCUT2D eigenvalue weighted by Gasteiger charge is -2.14. The molecule has 3 aromatic heterocycles. The lowest BCUT2D eigenvalue weighted by atomic mass is 10.00. The first kappa shape index (κ1) is 15.3. The second kappa shape index (κ2) is 6.34. The molecule has 5 heteroatoms. The third-order valence-corrected chi connectivity index (χ3v) is 4.79. The van der Waals surface area contributed by atoms with Crippen molar-refractivity contribution in [3.05, 3.63) is 65.9 Å². The summed E-state index contributed by atoms with van der Waals surface area (Å²) in [7, 11) is 0. The van der Waals surface area contributed by atoms with E-state index in [1.54, 1.807) is 0 Å². The fourth-order valence-corrected chi connectivity index (χ4v) is 3.57. The van der Waals surface area contributed by atoms with Crippen LogP contribution in [0.25, 0.3) is 5.65 Å². The molecular weight excluding hydrogens is 300 g/mol. The van der Waals surface area contributed by atoms with Gasteiger partial charge in [-0.25, -0.2) is 4.98 Å². The normalized spacial score (nSPS) is 21.6. The Labute approximate surface area is 141 Å². The van der Waals surface area contributed by atoms with Crippen molar-refractivity contribution in [3.63, 3.8) is 0 Å². The second-order valence-corrected chi connectivity index (χ2v) is 6.70. The SMILES string of the molecule is Cc1cccn2cc(CN3C[C@@H](Cc4ccccn4)[C@H](O)C3)nc12. The number of pyridine rings is 2. The van der Waals surface area contributed by atoms with Crippen molar-refractivity contribution in [3.8, 4) is 0 Å². The molecule has 4 heterocycles. The van der Waals surface area contributed by atoms with Gasteiger partial charge in [-0.2, -0.15) is 0 Å². The Morgan fingerprint density at radius 3 is 2.88 bits per heavy atom. The maximum atomic E-state index is 10.4. The number of aryl methyl sites for hydroxylation is 1. The molecule has 4 rings (SSSR count). The van der Waals surface area contributed by atoms with Crippen molar-refractivity contribution < 1.29 is 5.11 Å². The van der Waals surface area contributed by atoms with Crippen LogP contribution in [0.15, 0.2) is 48.9 Å². The van der Waals surface area contributed by atoms with Crippen molar-refractivity contribution >= 4 is 5.65 Å². The fourth-order valence-electron chi connectivity index (χ4n) is 3.57. The quantitative estimate of drug-likeness (QED) is 0.799. The third-order valence-electron chi connectivity index (χ3n) is 4.79. The minimum atomic E-state index is -0.300. The van der Waals surface area contributed by atoms with Crippen molar-refractivity contribution in [1.29, 1.82) is 0 Å². The number of aromatic nitrogens is 3. The minimum Gasteiger partial charge on any atom is -0.391 e. The summed E-state index contributed by atoms with van der Waals surface area (Å²) < 4.78 is 2.07. The minimum absolute atomic E-state index is 0.235. The smallest absolute Gasteiger partial charge is 0.139 e. The number of fused-ring (bicyclic) bond motifs is 1. The van der Waals surface area contributed by atoms with E-state index in [0.717, 1.165) is 36.5 Å². The van der Waals surface area contributed by atoms with Gasteiger partial charge in [-0.3, -0.25) is 9.88 Å². The van der Waals surface area contributed by atoms with Gasteiger partial charge in [0.15, 0.2) is 0 Å². The Morgan fingerprint density at radius 1 is 1.17 bits per heavy atom. The summed E-state index contributed by atoms with van der Waals surface area (Å²) in [6.07, 6.45) is 6.45. The van der Waals surface area contributed by atoms with Gasteiger partial charge in [-0.1, -0.05) is 12.1 Å². The molecule has 0 radical (unpaired) electrons. The first-order valence-corrected chi connectivity index (χ1v) is 8.42. The van der Waals surface area contributed by atoms with E-state index < -0.39 is 0 Å². The summed E-state index contributed by atoms with van der Waals surface area (Å²) in [5.41, 5.74) is 4.29. The molecule has 1 N–H and O–H groups in total. The summed E-state index contributed by atoms with van der Waals surface area (Å²) in [6.45, 7) is 4.43. The zero-order chi connectivity index (χ0) is 16.5. The molecule has 24 heavy (non-hydrogen) atoms. The third kappa shape index (κ3) is 3.05. The van der Waals surface area contributed by atoms with E-state index in [2.05, 4.69) is 33.5 Å². The highest BCUT2D eigenvalue weighted by Crippen LogP contribution is 2.22. The summed E-state index contributed by atoms with van der Waals surface area (Å²) >= 11 is 0. The molecule has 5 nitrogen and oxygen atoms in total. The summed E-state index contributed by atoms with van der Waals surface area (Å²) in [4.78, 5) is 11.4. The standard InChI is InChI=1S/C19H22N4O/c1-14-5-4-8-23-12-17(21-19(14)23)11-22-10-15(18(24)13-22)9-16-6-2-3-7-20-16/h2-8,12,15,18,24H,9-11,13H2,1H3/t15-,18-/m1/s1. The highest BCUT2D eigenvalue weighted by molar-refractivity contribution is 5.47. The fraction of sp³-hybridized carbons (Fsp3) is 0.368. The number of imidazole rings is 1. The number of aliphatic hydroxyl groups is 1. The molecule has 0 spiro atoms. The van der Waals surface area contributed by atoms with E-state index in [4.69, 9.17) is 4.98 Å². The van der Waals surface area contributed by atoms with Crippen LogP contribution >= 0.6 is 0 Å². The van der Waals surface area contributed by atoms with Crippen LogP contribution in [-0.4, -0.2) is 43.6 Å². The topological polar surface area (TPSA) is 53.7 Å². The van der Waals surface area contributed by atoms with E-state index in [0.29, 0.717) is 6.54 Å². The Kier molecular flexibility index (Phi) is 4.04. The molecule has 0 unspecified atom stereocenters. The van der Waals surface area contributed by atoms with Crippen LogP contribution in [0.3, 0.4) is 0 Å². The summed E-state index contributed by atoms with van der Waals surface area (Å²) in [5.74, 6) is 0.235. The maximum Gasteiger partial charge on any atom is 0.139 e. The highest BCUT2D eigenvalue weighted by atomic mass is 16.3. The van der Waals surface area contributed by atoms with Crippen molar-refractivity contribution in [2.45, 2.75) is 26.0 Å². The van der Waals surface area contributed by atoms with Gasteiger partial charge in [-0.15, -0.1) is 0 Å². The first-order chi connectivity index (χ1) is 11.7. The molecule has 1 fully saturated rings. The monoisotopic (exact) mass is 322 g/mol.